The summed E-state index contributed by atoms with van der Waals surface area (Å²) in [4.78, 5) is 15.0. The van der Waals surface area contributed by atoms with E-state index in [1.807, 2.05) is 6.92 Å². The third-order valence-electron chi connectivity index (χ3n) is 2.33. The van der Waals surface area contributed by atoms with Crippen LogP contribution in [0.15, 0.2) is 24.5 Å². The van der Waals surface area contributed by atoms with Crippen molar-refractivity contribution in [2.45, 2.75) is 19.9 Å². The summed E-state index contributed by atoms with van der Waals surface area (Å²) in [5.41, 5.74) is 1.27. The Kier molecular flexibility index (Phi) is 3.13. The number of nitrogens with zero attached hydrogens (tertiary/aromatic N) is 4. The largest absolute Gasteiger partial charge is 0.476 e. The summed E-state index contributed by atoms with van der Waals surface area (Å²) < 4.78 is 1.61. The minimum atomic E-state index is -1.07. The predicted octanol–water partition coefficient (Wildman–Crippen LogP) is 1.45. The molecular weight excluding hydrogens is 220 g/mol. The number of carbonyl (C=O) groups is 1. The van der Waals surface area contributed by atoms with Gasteiger partial charge in [0.2, 0.25) is 0 Å². The lowest BCUT2D eigenvalue weighted by molar-refractivity contribution is 0.0691. The standard InChI is InChI=1S/C11H12N4O2/c1-2-7-15-10(8-3-5-12-6-4-8)9(11(16)17)13-14-15/h3-6H,2,7H2,1H3,(H,16,17). The summed E-state index contributed by atoms with van der Waals surface area (Å²) in [6.45, 7) is 2.64. The fraction of sp³-hybridized carbons (Fsp3) is 0.273. The number of rotatable bonds is 4. The fourth-order valence-electron chi connectivity index (χ4n) is 1.62. The van der Waals surface area contributed by atoms with E-state index in [1.165, 1.54) is 0 Å². The quantitative estimate of drug-likeness (QED) is 0.862. The van der Waals surface area contributed by atoms with Gasteiger partial charge >= 0.3 is 5.97 Å². The van der Waals surface area contributed by atoms with Gasteiger partial charge in [-0.3, -0.25) is 4.98 Å². The summed E-state index contributed by atoms with van der Waals surface area (Å²) in [7, 11) is 0. The van der Waals surface area contributed by atoms with E-state index in [4.69, 9.17) is 5.11 Å². The van der Waals surface area contributed by atoms with Gasteiger partial charge < -0.3 is 5.11 Å². The second-order valence-corrected chi connectivity index (χ2v) is 3.55. The summed E-state index contributed by atoms with van der Waals surface area (Å²) in [5.74, 6) is -1.07. The van der Waals surface area contributed by atoms with Crippen molar-refractivity contribution in [1.29, 1.82) is 0 Å². The highest BCUT2D eigenvalue weighted by molar-refractivity contribution is 5.92. The second-order valence-electron chi connectivity index (χ2n) is 3.55. The minimum absolute atomic E-state index is 0.0235. The monoisotopic (exact) mass is 232 g/mol. The number of pyridine rings is 1. The first kappa shape index (κ1) is 11.3. The Balaban J connectivity index is 2.56. The van der Waals surface area contributed by atoms with Crippen molar-refractivity contribution >= 4 is 5.97 Å². The molecule has 2 heterocycles. The maximum Gasteiger partial charge on any atom is 0.358 e. The smallest absolute Gasteiger partial charge is 0.358 e. The van der Waals surface area contributed by atoms with Gasteiger partial charge in [-0.25, -0.2) is 9.48 Å². The molecule has 2 rings (SSSR count). The van der Waals surface area contributed by atoms with Crippen molar-refractivity contribution < 1.29 is 9.90 Å². The van der Waals surface area contributed by atoms with E-state index in [1.54, 1.807) is 29.2 Å². The van der Waals surface area contributed by atoms with Crippen LogP contribution in [0.5, 0.6) is 0 Å². The average Bonchev–Trinajstić information content (AvgIpc) is 2.74. The molecule has 6 nitrogen and oxygen atoms in total. The molecule has 0 fully saturated rings. The van der Waals surface area contributed by atoms with E-state index in [-0.39, 0.29) is 5.69 Å². The van der Waals surface area contributed by atoms with Gasteiger partial charge in [0.15, 0.2) is 5.69 Å². The number of carboxylic acids is 1. The molecule has 2 aromatic heterocycles. The minimum Gasteiger partial charge on any atom is -0.476 e. The zero-order valence-corrected chi connectivity index (χ0v) is 9.37. The van der Waals surface area contributed by atoms with Crippen LogP contribution >= 0.6 is 0 Å². The average molecular weight is 232 g/mol. The predicted molar refractivity (Wildman–Crippen MR) is 60.5 cm³/mol. The summed E-state index contributed by atoms with van der Waals surface area (Å²) in [6, 6.07) is 3.49. The number of aromatic nitrogens is 4. The van der Waals surface area contributed by atoms with Crippen LogP contribution in [0, 0.1) is 0 Å². The zero-order chi connectivity index (χ0) is 12.3. The molecule has 17 heavy (non-hydrogen) atoms. The molecule has 0 saturated heterocycles. The van der Waals surface area contributed by atoms with E-state index < -0.39 is 5.97 Å². The highest BCUT2D eigenvalue weighted by Gasteiger charge is 2.19. The Labute approximate surface area is 97.9 Å². The Hall–Kier alpha value is -2.24. The van der Waals surface area contributed by atoms with Crippen LogP contribution < -0.4 is 0 Å². The van der Waals surface area contributed by atoms with E-state index in [9.17, 15) is 4.79 Å². The van der Waals surface area contributed by atoms with Gasteiger partial charge in [-0.2, -0.15) is 0 Å². The second kappa shape index (κ2) is 4.73. The van der Waals surface area contributed by atoms with E-state index >= 15 is 0 Å². The molecular formula is C11H12N4O2. The first-order valence-electron chi connectivity index (χ1n) is 5.31. The Morgan fingerprint density at radius 1 is 1.41 bits per heavy atom. The molecule has 0 saturated carbocycles. The molecule has 0 spiro atoms. The van der Waals surface area contributed by atoms with Gasteiger partial charge in [-0.05, 0) is 18.6 Å². The zero-order valence-electron chi connectivity index (χ0n) is 9.37. The molecule has 6 heteroatoms. The molecule has 0 atom stereocenters. The Bertz CT molecular complexity index is 522. The Morgan fingerprint density at radius 3 is 2.71 bits per heavy atom. The molecule has 0 aliphatic rings. The van der Waals surface area contributed by atoms with Crippen molar-refractivity contribution in [2.75, 3.05) is 0 Å². The normalized spacial score (nSPS) is 10.4. The summed E-state index contributed by atoms with van der Waals surface area (Å²) in [5, 5.41) is 16.6. The highest BCUT2D eigenvalue weighted by atomic mass is 16.4. The maximum absolute atomic E-state index is 11.1. The fourth-order valence-corrected chi connectivity index (χ4v) is 1.62. The van der Waals surface area contributed by atoms with Crippen LogP contribution in [0.2, 0.25) is 0 Å². The highest BCUT2D eigenvalue weighted by Crippen LogP contribution is 2.21. The van der Waals surface area contributed by atoms with Crippen molar-refractivity contribution in [1.82, 2.24) is 20.0 Å². The van der Waals surface area contributed by atoms with E-state index in [0.717, 1.165) is 12.0 Å². The molecule has 2 aromatic rings. The lowest BCUT2D eigenvalue weighted by atomic mass is 10.1. The van der Waals surface area contributed by atoms with Crippen LogP contribution in [-0.4, -0.2) is 31.1 Å². The van der Waals surface area contributed by atoms with Gasteiger partial charge in [0.1, 0.15) is 5.69 Å². The summed E-state index contributed by atoms with van der Waals surface area (Å²) in [6.07, 6.45) is 4.09. The lowest BCUT2D eigenvalue weighted by Gasteiger charge is -2.05. The van der Waals surface area contributed by atoms with Crippen molar-refractivity contribution in [2.24, 2.45) is 0 Å². The van der Waals surface area contributed by atoms with Crippen molar-refractivity contribution in [3.05, 3.63) is 30.2 Å². The summed E-state index contributed by atoms with van der Waals surface area (Å²) >= 11 is 0. The number of carboxylic acid groups (broad SMARTS) is 1. The maximum atomic E-state index is 11.1. The molecule has 0 aliphatic heterocycles. The van der Waals surface area contributed by atoms with Gasteiger partial charge in [-0.15, -0.1) is 5.10 Å². The number of aryl methyl sites for hydroxylation is 1. The number of hydrogen-bond donors (Lipinski definition) is 1. The number of hydrogen-bond acceptors (Lipinski definition) is 4. The first-order valence-corrected chi connectivity index (χ1v) is 5.31. The topological polar surface area (TPSA) is 80.9 Å². The van der Waals surface area contributed by atoms with Crippen LogP contribution in [0.25, 0.3) is 11.3 Å². The van der Waals surface area contributed by atoms with Gasteiger partial charge in [0.05, 0.1) is 0 Å². The van der Waals surface area contributed by atoms with Crippen molar-refractivity contribution in [3.8, 4) is 11.3 Å². The van der Waals surface area contributed by atoms with Crippen LogP contribution in [-0.2, 0) is 6.54 Å². The Morgan fingerprint density at radius 2 is 2.12 bits per heavy atom. The van der Waals surface area contributed by atoms with E-state index in [0.29, 0.717) is 12.2 Å². The molecule has 0 radical (unpaired) electrons. The SMILES string of the molecule is CCCn1nnc(C(=O)O)c1-c1ccncc1. The molecule has 0 aliphatic carbocycles. The molecule has 1 N–H and O–H groups in total. The third-order valence-corrected chi connectivity index (χ3v) is 2.33. The lowest BCUT2D eigenvalue weighted by Crippen LogP contribution is -2.04. The van der Waals surface area contributed by atoms with Crippen LogP contribution in [0.3, 0.4) is 0 Å². The molecule has 0 amide bonds. The molecule has 88 valence electrons. The number of aromatic carboxylic acids is 1. The van der Waals surface area contributed by atoms with Crippen LogP contribution in [0.1, 0.15) is 23.8 Å². The van der Waals surface area contributed by atoms with Gasteiger partial charge in [-0.1, -0.05) is 12.1 Å². The third kappa shape index (κ3) is 2.15. The molecule has 0 unspecified atom stereocenters. The van der Waals surface area contributed by atoms with Gasteiger partial charge in [0, 0.05) is 24.5 Å². The molecule has 0 aromatic carbocycles. The van der Waals surface area contributed by atoms with Gasteiger partial charge in [0.25, 0.3) is 0 Å². The van der Waals surface area contributed by atoms with E-state index in [2.05, 4.69) is 15.3 Å². The first-order chi connectivity index (χ1) is 8.24. The van der Waals surface area contributed by atoms with Crippen LogP contribution in [0.4, 0.5) is 0 Å². The van der Waals surface area contributed by atoms with Crippen molar-refractivity contribution in [3.63, 3.8) is 0 Å². The molecule has 0 bridgehead atoms.